The number of hydrogen-bond donors (Lipinski definition) is 2. The van der Waals surface area contributed by atoms with Gasteiger partial charge in [-0.05, 0) is 31.6 Å². The molecule has 0 bridgehead atoms. The number of nitro groups is 1. The van der Waals surface area contributed by atoms with Crippen LogP contribution in [0.1, 0.15) is 46.5 Å². The lowest BCUT2D eigenvalue weighted by Crippen LogP contribution is -2.32. The molecule has 0 aromatic carbocycles. The van der Waals surface area contributed by atoms with Gasteiger partial charge in [0, 0.05) is 12.6 Å². The molecular weight excluding hydrogens is 270 g/mol. The van der Waals surface area contributed by atoms with Gasteiger partial charge in [0.25, 0.3) is 0 Å². The van der Waals surface area contributed by atoms with Crippen LogP contribution in [0.4, 0.5) is 17.5 Å². The molecule has 1 unspecified atom stereocenters. The second-order valence-electron chi connectivity index (χ2n) is 6.32. The third-order valence-corrected chi connectivity index (χ3v) is 3.85. The first-order valence-corrected chi connectivity index (χ1v) is 7.43. The number of nitrogens with one attached hydrogen (secondary N) is 2. The highest BCUT2D eigenvalue weighted by Crippen LogP contribution is 2.37. The van der Waals surface area contributed by atoms with Gasteiger partial charge in [0.2, 0.25) is 11.8 Å². The Hall–Kier alpha value is -1.92. The first-order valence-electron chi connectivity index (χ1n) is 7.43. The molecule has 1 aromatic rings. The fourth-order valence-electron chi connectivity index (χ4n) is 2.87. The van der Waals surface area contributed by atoms with E-state index in [-0.39, 0.29) is 17.1 Å². The molecule has 0 amide bonds. The van der Waals surface area contributed by atoms with E-state index in [9.17, 15) is 10.1 Å². The van der Waals surface area contributed by atoms with Crippen molar-refractivity contribution in [1.82, 2.24) is 9.97 Å². The molecule has 1 aromatic heterocycles. The van der Waals surface area contributed by atoms with E-state index < -0.39 is 4.92 Å². The molecule has 1 atom stereocenters. The lowest BCUT2D eigenvalue weighted by Gasteiger charge is -2.35. The molecule has 0 radical (unpaired) electrons. The van der Waals surface area contributed by atoms with Crippen LogP contribution < -0.4 is 10.6 Å². The van der Waals surface area contributed by atoms with E-state index >= 15 is 0 Å². The maximum atomic E-state index is 11.1. The monoisotopic (exact) mass is 293 g/mol. The van der Waals surface area contributed by atoms with Gasteiger partial charge in [-0.15, -0.1) is 0 Å². The molecular formula is C14H23N5O2. The van der Waals surface area contributed by atoms with Gasteiger partial charge in [0.1, 0.15) is 6.20 Å². The zero-order valence-corrected chi connectivity index (χ0v) is 12.8. The highest BCUT2D eigenvalue weighted by atomic mass is 16.6. The van der Waals surface area contributed by atoms with E-state index in [1.54, 1.807) is 0 Å². The maximum Gasteiger partial charge on any atom is 0.329 e. The quantitative estimate of drug-likeness (QED) is 0.639. The molecule has 1 aliphatic carbocycles. The molecule has 7 nitrogen and oxygen atoms in total. The van der Waals surface area contributed by atoms with Gasteiger partial charge in [-0.25, -0.2) is 4.98 Å². The van der Waals surface area contributed by atoms with Crippen molar-refractivity contribution in [2.75, 3.05) is 17.2 Å². The molecule has 1 fully saturated rings. The highest BCUT2D eigenvalue weighted by molar-refractivity contribution is 5.57. The van der Waals surface area contributed by atoms with Gasteiger partial charge in [-0.1, -0.05) is 20.3 Å². The van der Waals surface area contributed by atoms with Gasteiger partial charge in [0.15, 0.2) is 0 Å². The highest BCUT2D eigenvalue weighted by Gasteiger charge is 2.29. The van der Waals surface area contributed by atoms with Crippen molar-refractivity contribution in [2.45, 2.75) is 52.5 Å². The first kappa shape index (κ1) is 15.5. The Morgan fingerprint density at radius 2 is 2.29 bits per heavy atom. The van der Waals surface area contributed by atoms with E-state index in [0.29, 0.717) is 18.3 Å². The summed E-state index contributed by atoms with van der Waals surface area (Å²) in [6.45, 7) is 7.08. The van der Waals surface area contributed by atoms with E-state index in [0.717, 1.165) is 19.3 Å². The van der Waals surface area contributed by atoms with Gasteiger partial charge in [0.05, 0.1) is 4.92 Å². The van der Waals surface area contributed by atoms with Crippen LogP contribution in [0.15, 0.2) is 6.20 Å². The zero-order chi connectivity index (χ0) is 15.5. The summed E-state index contributed by atoms with van der Waals surface area (Å²) in [7, 11) is 0. The Kier molecular flexibility index (Phi) is 4.59. The summed E-state index contributed by atoms with van der Waals surface area (Å²) in [5.41, 5.74) is 0.197. The van der Waals surface area contributed by atoms with Gasteiger partial charge in [-0.2, -0.15) is 4.98 Å². The minimum Gasteiger partial charge on any atom is -0.361 e. The van der Waals surface area contributed by atoms with Gasteiger partial charge < -0.3 is 10.6 Å². The van der Waals surface area contributed by atoms with Crippen LogP contribution >= 0.6 is 0 Å². The Morgan fingerprint density at radius 3 is 2.90 bits per heavy atom. The number of rotatable bonds is 5. The van der Waals surface area contributed by atoms with E-state index in [1.807, 2.05) is 6.92 Å². The molecule has 0 spiro atoms. The third-order valence-electron chi connectivity index (χ3n) is 3.85. The lowest BCUT2D eigenvalue weighted by molar-refractivity contribution is -0.384. The standard InChI is InChI=1S/C14H23N5O2/c1-4-15-13-16-9-11(19(20)21)12(18-13)17-10-6-5-7-14(2,3)8-10/h9-10H,4-8H2,1-3H3,(H2,15,16,17,18). The number of hydrogen-bond acceptors (Lipinski definition) is 6. The van der Waals surface area contributed by atoms with Crippen molar-refractivity contribution in [1.29, 1.82) is 0 Å². The van der Waals surface area contributed by atoms with Crippen LogP contribution in [-0.4, -0.2) is 27.5 Å². The molecule has 1 aliphatic rings. The molecule has 116 valence electrons. The second-order valence-corrected chi connectivity index (χ2v) is 6.32. The molecule has 0 aliphatic heterocycles. The Bertz CT molecular complexity index is 518. The normalized spacial score (nSPS) is 20.8. The number of aromatic nitrogens is 2. The van der Waals surface area contributed by atoms with Crippen molar-refractivity contribution in [3.63, 3.8) is 0 Å². The van der Waals surface area contributed by atoms with Crippen LogP contribution in [0.25, 0.3) is 0 Å². The largest absolute Gasteiger partial charge is 0.361 e. The summed E-state index contributed by atoms with van der Waals surface area (Å²) in [4.78, 5) is 18.9. The summed E-state index contributed by atoms with van der Waals surface area (Å²) in [6.07, 6.45) is 5.59. The molecule has 7 heteroatoms. The summed E-state index contributed by atoms with van der Waals surface area (Å²) < 4.78 is 0. The topological polar surface area (TPSA) is 93.0 Å². The Labute approximate surface area is 124 Å². The molecule has 0 saturated heterocycles. The van der Waals surface area contributed by atoms with Crippen LogP contribution in [0, 0.1) is 15.5 Å². The second kappa shape index (κ2) is 6.24. The van der Waals surface area contributed by atoms with Crippen molar-refractivity contribution >= 4 is 17.5 Å². The van der Waals surface area contributed by atoms with Gasteiger partial charge in [-0.3, -0.25) is 10.1 Å². The summed E-state index contributed by atoms with van der Waals surface area (Å²) >= 11 is 0. The van der Waals surface area contributed by atoms with Crippen molar-refractivity contribution in [2.24, 2.45) is 5.41 Å². The van der Waals surface area contributed by atoms with Crippen LogP contribution in [-0.2, 0) is 0 Å². The fraction of sp³-hybridized carbons (Fsp3) is 0.714. The van der Waals surface area contributed by atoms with Crippen molar-refractivity contribution < 1.29 is 4.92 Å². The summed E-state index contributed by atoms with van der Waals surface area (Å²) in [5.74, 6) is 0.731. The Balaban J connectivity index is 2.20. The summed E-state index contributed by atoms with van der Waals surface area (Å²) in [6, 6.07) is 0.219. The van der Waals surface area contributed by atoms with Crippen LogP contribution in [0.5, 0.6) is 0 Å². The van der Waals surface area contributed by atoms with E-state index in [1.165, 1.54) is 12.6 Å². The molecule has 1 saturated carbocycles. The van der Waals surface area contributed by atoms with Crippen molar-refractivity contribution in [3.05, 3.63) is 16.3 Å². The average Bonchev–Trinajstić information content (AvgIpc) is 2.37. The molecule has 21 heavy (non-hydrogen) atoms. The smallest absolute Gasteiger partial charge is 0.329 e. The minimum atomic E-state index is -0.438. The SMILES string of the molecule is CCNc1ncc([N+](=O)[O-])c(NC2CCCC(C)(C)C2)n1. The van der Waals surface area contributed by atoms with E-state index in [2.05, 4.69) is 34.4 Å². The predicted molar refractivity (Wildman–Crippen MR) is 82.5 cm³/mol. The maximum absolute atomic E-state index is 11.1. The zero-order valence-electron chi connectivity index (χ0n) is 12.8. The Morgan fingerprint density at radius 1 is 1.52 bits per heavy atom. The fourth-order valence-corrected chi connectivity index (χ4v) is 2.87. The van der Waals surface area contributed by atoms with E-state index in [4.69, 9.17) is 0 Å². The predicted octanol–water partition coefficient (Wildman–Crippen LogP) is 3.20. The summed E-state index contributed by atoms with van der Waals surface area (Å²) in [5, 5.41) is 17.4. The van der Waals surface area contributed by atoms with Crippen molar-refractivity contribution in [3.8, 4) is 0 Å². The lowest BCUT2D eigenvalue weighted by atomic mass is 9.75. The van der Waals surface area contributed by atoms with Crippen LogP contribution in [0.2, 0.25) is 0 Å². The third kappa shape index (κ3) is 4.03. The number of nitrogens with zero attached hydrogens (tertiary/aromatic N) is 3. The van der Waals surface area contributed by atoms with Crippen LogP contribution in [0.3, 0.4) is 0 Å². The molecule has 2 N–H and O–H groups in total. The average molecular weight is 293 g/mol. The molecule has 1 heterocycles. The molecule has 2 rings (SSSR count). The first-order chi connectivity index (χ1) is 9.91. The van der Waals surface area contributed by atoms with Gasteiger partial charge >= 0.3 is 5.69 Å². The number of anilines is 2. The minimum absolute atomic E-state index is 0.0694.